The van der Waals surface area contributed by atoms with Crippen molar-refractivity contribution >= 4 is 28.2 Å². The van der Waals surface area contributed by atoms with Gasteiger partial charge in [-0.1, -0.05) is 0 Å². The van der Waals surface area contributed by atoms with E-state index in [4.69, 9.17) is 4.74 Å². The number of thiophene rings is 1. The first-order valence-electron chi connectivity index (χ1n) is 10.3. The highest BCUT2D eigenvalue weighted by Crippen LogP contribution is 2.38. The normalized spacial score (nSPS) is 13.4. The molecule has 2 aromatic heterocycles. The van der Waals surface area contributed by atoms with Crippen LogP contribution >= 0.6 is 11.3 Å². The Hall–Kier alpha value is -2.19. The van der Waals surface area contributed by atoms with Crippen molar-refractivity contribution in [3.63, 3.8) is 0 Å². The summed E-state index contributed by atoms with van der Waals surface area (Å²) >= 11 is 1.52. The minimum Gasteiger partial charge on any atom is -0.462 e. The van der Waals surface area contributed by atoms with Gasteiger partial charge in [0.25, 0.3) is 0 Å². The number of rotatable bonds is 8. The molecule has 0 bridgehead atoms. The van der Waals surface area contributed by atoms with E-state index in [1.165, 1.54) is 16.2 Å². The van der Waals surface area contributed by atoms with Crippen molar-refractivity contribution in [3.05, 3.63) is 33.5 Å². The molecule has 1 aliphatic rings. The summed E-state index contributed by atoms with van der Waals surface area (Å²) in [5.41, 5.74) is 3.85. The lowest BCUT2D eigenvalue weighted by Gasteiger charge is -2.16. The molecule has 1 amide bonds. The number of carbonyl (C=O) groups excluding carboxylic acids is 2. The number of anilines is 1. The fraction of sp³-hybridized carbons (Fsp3) is 0.571. The monoisotopic (exact) mass is 418 g/mol. The number of aryl methyl sites for hydroxylation is 2. The number of hydrogen-bond donors (Lipinski definition) is 1. The number of nitrogens with zero attached hydrogens (tertiary/aromatic N) is 3. The maximum atomic E-state index is 12.7. The van der Waals surface area contributed by atoms with Crippen molar-refractivity contribution in [1.82, 2.24) is 14.7 Å². The van der Waals surface area contributed by atoms with Crippen LogP contribution in [0.1, 0.15) is 58.7 Å². The van der Waals surface area contributed by atoms with Gasteiger partial charge in [0.1, 0.15) is 5.00 Å². The molecule has 7 nitrogen and oxygen atoms in total. The van der Waals surface area contributed by atoms with E-state index in [1.54, 1.807) is 6.92 Å². The van der Waals surface area contributed by atoms with Crippen molar-refractivity contribution < 1.29 is 14.3 Å². The summed E-state index contributed by atoms with van der Waals surface area (Å²) in [6.45, 7) is 7.93. The van der Waals surface area contributed by atoms with E-state index in [0.29, 0.717) is 23.7 Å². The molecular weight excluding hydrogens is 388 g/mol. The average molecular weight is 419 g/mol. The molecule has 0 saturated carbocycles. The molecule has 0 aromatic carbocycles. The third-order valence-electron chi connectivity index (χ3n) is 5.26. The molecule has 29 heavy (non-hydrogen) atoms. The van der Waals surface area contributed by atoms with Crippen LogP contribution in [-0.2, 0) is 35.5 Å². The lowest BCUT2D eigenvalue weighted by molar-refractivity contribution is -0.117. The Kier molecular flexibility index (Phi) is 7.08. The van der Waals surface area contributed by atoms with Gasteiger partial charge in [0.05, 0.1) is 24.9 Å². The average Bonchev–Trinajstić information content (AvgIpc) is 3.21. The molecule has 3 rings (SSSR count). The smallest absolute Gasteiger partial charge is 0.341 e. The number of aromatic nitrogens is 2. The van der Waals surface area contributed by atoms with E-state index in [1.807, 2.05) is 29.7 Å². The Bertz CT molecular complexity index is 887. The summed E-state index contributed by atoms with van der Waals surface area (Å²) in [5, 5.41) is 7.96. The second-order valence-corrected chi connectivity index (χ2v) is 8.53. The fourth-order valence-electron chi connectivity index (χ4n) is 3.79. The minimum atomic E-state index is -0.335. The van der Waals surface area contributed by atoms with E-state index in [9.17, 15) is 9.59 Å². The molecule has 2 aromatic rings. The Morgan fingerprint density at radius 3 is 2.76 bits per heavy atom. The lowest BCUT2D eigenvalue weighted by Crippen LogP contribution is -2.30. The van der Waals surface area contributed by atoms with Crippen molar-refractivity contribution in [2.24, 2.45) is 0 Å². The molecule has 1 aliphatic carbocycles. The number of esters is 1. The van der Waals surface area contributed by atoms with Gasteiger partial charge in [0.15, 0.2) is 0 Å². The molecular formula is C21H30N4O3S. The fourth-order valence-corrected chi connectivity index (χ4v) is 5.08. The quantitative estimate of drug-likeness (QED) is 0.665. The van der Waals surface area contributed by atoms with Gasteiger partial charge < -0.3 is 10.1 Å². The number of ether oxygens (including phenoxy) is 1. The number of carbonyl (C=O) groups is 2. The van der Waals surface area contributed by atoms with Crippen molar-refractivity contribution in [1.29, 1.82) is 0 Å². The standard InChI is InChI=1S/C21H30N4O3S/c1-5-25-14(3)15(11-22-25)12-24(4)13-18(26)23-20-19(21(27)28-6-2)16-9-7-8-10-17(16)29-20/h11H,5-10,12-13H2,1-4H3,(H,23,26). The van der Waals surface area contributed by atoms with Crippen LogP contribution in [0, 0.1) is 6.92 Å². The van der Waals surface area contributed by atoms with Gasteiger partial charge in [-0.05, 0) is 59.1 Å². The van der Waals surface area contributed by atoms with Crippen LogP contribution in [0.15, 0.2) is 6.20 Å². The van der Waals surface area contributed by atoms with Crippen LogP contribution in [0.3, 0.4) is 0 Å². The maximum Gasteiger partial charge on any atom is 0.341 e. The highest BCUT2D eigenvalue weighted by atomic mass is 32.1. The second-order valence-electron chi connectivity index (χ2n) is 7.43. The number of likely N-dealkylation sites (N-methyl/N-ethyl adjacent to an activating group) is 1. The van der Waals surface area contributed by atoms with Gasteiger partial charge >= 0.3 is 5.97 Å². The molecule has 0 radical (unpaired) electrons. The zero-order chi connectivity index (χ0) is 21.0. The van der Waals surface area contributed by atoms with Gasteiger partial charge in [0, 0.05) is 29.2 Å². The highest BCUT2D eigenvalue weighted by Gasteiger charge is 2.27. The predicted octanol–water partition coefficient (Wildman–Crippen LogP) is 3.40. The SMILES string of the molecule is CCOC(=O)c1c(NC(=O)CN(C)Cc2cnn(CC)c2C)sc2c1CCCC2. The first-order valence-corrected chi connectivity index (χ1v) is 11.1. The molecule has 158 valence electrons. The molecule has 0 spiro atoms. The summed E-state index contributed by atoms with van der Waals surface area (Å²) < 4.78 is 7.21. The first kappa shape index (κ1) is 21.5. The van der Waals surface area contributed by atoms with Crippen LogP contribution in [0.25, 0.3) is 0 Å². The number of nitrogens with one attached hydrogen (secondary N) is 1. The summed E-state index contributed by atoms with van der Waals surface area (Å²) in [6.07, 6.45) is 5.88. The van der Waals surface area contributed by atoms with E-state index < -0.39 is 0 Å². The minimum absolute atomic E-state index is 0.128. The van der Waals surface area contributed by atoms with Crippen LogP contribution in [0.2, 0.25) is 0 Å². The van der Waals surface area contributed by atoms with Crippen molar-refractivity contribution in [3.8, 4) is 0 Å². The van der Waals surface area contributed by atoms with Gasteiger partial charge in [-0.2, -0.15) is 5.10 Å². The van der Waals surface area contributed by atoms with Crippen LogP contribution < -0.4 is 5.32 Å². The molecule has 2 heterocycles. The van der Waals surface area contributed by atoms with Crippen molar-refractivity contribution in [2.45, 2.75) is 59.5 Å². The largest absolute Gasteiger partial charge is 0.462 e. The number of hydrogen-bond acceptors (Lipinski definition) is 6. The molecule has 0 saturated heterocycles. The van der Waals surface area contributed by atoms with Gasteiger partial charge in [0.2, 0.25) is 5.91 Å². The molecule has 0 atom stereocenters. The predicted molar refractivity (Wildman–Crippen MR) is 115 cm³/mol. The van der Waals surface area contributed by atoms with E-state index >= 15 is 0 Å². The Balaban J connectivity index is 1.69. The van der Waals surface area contributed by atoms with Gasteiger partial charge in [-0.25, -0.2) is 4.79 Å². The second kappa shape index (κ2) is 9.54. The zero-order valence-electron chi connectivity index (χ0n) is 17.7. The van der Waals surface area contributed by atoms with Crippen LogP contribution in [0.5, 0.6) is 0 Å². The highest BCUT2D eigenvalue weighted by molar-refractivity contribution is 7.17. The summed E-state index contributed by atoms with van der Waals surface area (Å²) in [5.74, 6) is -0.463. The van der Waals surface area contributed by atoms with E-state index in [2.05, 4.69) is 17.3 Å². The molecule has 0 unspecified atom stereocenters. The summed E-state index contributed by atoms with van der Waals surface area (Å²) in [4.78, 5) is 28.4. The van der Waals surface area contributed by atoms with Crippen LogP contribution in [-0.4, -0.2) is 46.8 Å². The van der Waals surface area contributed by atoms with Gasteiger partial charge in [-0.3, -0.25) is 14.4 Å². The lowest BCUT2D eigenvalue weighted by atomic mass is 9.95. The van der Waals surface area contributed by atoms with Gasteiger partial charge in [-0.15, -0.1) is 11.3 Å². The first-order chi connectivity index (χ1) is 13.9. The Labute approximate surface area is 176 Å². The third-order valence-corrected chi connectivity index (χ3v) is 6.47. The Morgan fingerprint density at radius 2 is 2.07 bits per heavy atom. The van der Waals surface area contributed by atoms with Crippen molar-refractivity contribution in [2.75, 3.05) is 25.5 Å². The number of fused-ring (bicyclic) bond motifs is 1. The van der Waals surface area contributed by atoms with E-state index in [-0.39, 0.29) is 18.4 Å². The molecule has 0 aliphatic heterocycles. The molecule has 0 fully saturated rings. The zero-order valence-corrected chi connectivity index (χ0v) is 18.5. The summed E-state index contributed by atoms with van der Waals surface area (Å²) in [6, 6.07) is 0. The van der Waals surface area contributed by atoms with Crippen LogP contribution in [0.4, 0.5) is 5.00 Å². The number of amides is 1. The van der Waals surface area contributed by atoms with E-state index in [0.717, 1.165) is 49.0 Å². The Morgan fingerprint density at radius 1 is 1.31 bits per heavy atom. The molecule has 1 N–H and O–H groups in total. The molecule has 8 heteroatoms. The third kappa shape index (κ3) is 4.87. The summed E-state index contributed by atoms with van der Waals surface area (Å²) in [7, 11) is 1.91. The topological polar surface area (TPSA) is 76.5 Å². The maximum absolute atomic E-state index is 12.7.